The van der Waals surface area contributed by atoms with E-state index in [1.807, 2.05) is 35.3 Å². The second-order valence-electron chi connectivity index (χ2n) is 6.35. The molecule has 0 saturated carbocycles. The molecule has 22 heavy (non-hydrogen) atoms. The quantitative estimate of drug-likeness (QED) is 0.749. The second kappa shape index (κ2) is 4.80. The molecule has 114 valence electrons. The van der Waals surface area contributed by atoms with Gasteiger partial charge in [-0.25, -0.2) is 4.90 Å². The molecule has 0 atom stereocenters. The van der Waals surface area contributed by atoms with Crippen LogP contribution in [0.2, 0.25) is 0 Å². The van der Waals surface area contributed by atoms with Crippen molar-refractivity contribution in [3.8, 4) is 0 Å². The minimum Gasteiger partial charge on any atom is -0.269 e. The maximum absolute atomic E-state index is 12.3. The highest BCUT2D eigenvalue weighted by Gasteiger charge is 2.44. The molecule has 0 N–H and O–H groups in total. The lowest BCUT2D eigenvalue weighted by Crippen LogP contribution is -2.40. The fourth-order valence-electron chi connectivity index (χ4n) is 2.83. The summed E-state index contributed by atoms with van der Waals surface area (Å²) in [6.45, 7) is 7.47. The van der Waals surface area contributed by atoms with E-state index in [1.165, 1.54) is 4.90 Å². The van der Waals surface area contributed by atoms with E-state index < -0.39 is 0 Å². The van der Waals surface area contributed by atoms with Gasteiger partial charge in [0.1, 0.15) is 5.84 Å². The van der Waals surface area contributed by atoms with Gasteiger partial charge in [0.2, 0.25) is 0 Å². The summed E-state index contributed by atoms with van der Waals surface area (Å²) in [7, 11) is 0. The van der Waals surface area contributed by atoms with Crippen LogP contribution in [0.4, 0.5) is 5.69 Å². The van der Waals surface area contributed by atoms with Gasteiger partial charge in [-0.2, -0.15) is 5.10 Å². The van der Waals surface area contributed by atoms with E-state index in [9.17, 15) is 9.59 Å². The molecule has 2 aliphatic rings. The molecule has 0 fully saturated rings. The number of amides is 2. The zero-order chi connectivity index (χ0) is 16.1. The highest BCUT2D eigenvalue weighted by atomic mass is 16.2. The number of benzene rings is 1. The molecule has 0 saturated heterocycles. The summed E-state index contributed by atoms with van der Waals surface area (Å²) in [5.74, 6) is -0.000948. The summed E-state index contributed by atoms with van der Waals surface area (Å²) in [4.78, 5) is 25.8. The Balaban J connectivity index is 1.98. The van der Waals surface area contributed by atoms with Gasteiger partial charge in [-0.15, -0.1) is 0 Å². The van der Waals surface area contributed by atoms with Crippen molar-refractivity contribution in [3.63, 3.8) is 0 Å². The van der Waals surface area contributed by atoms with E-state index in [1.54, 1.807) is 13.8 Å². The monoisotopic (exact) mass is 297 g/mol. The first-order chi connectivity index (χ1) is 10.3. The van der Waals surface area contributed by atoms with Crippen molar-refractivity contribution < 1.29 is 9.59 Å². The Kier molecular flexibility index (Phi) is 3.16. The zero-order valence-electron chi connectivity index (χ0n) is 13.3. The number of anilines is 1. The summed E-state index contributed by atoms with van der Waals surface area (Å²) in [6.07, 6.45) is 0.542. The molecule has 0 bridgehead atoms. The van der Waals surface area contributed by atoms with Crippen LogP contribution in [-0.4, -0.2) is 28.1 Å². The predicted octanol–water partition coefficient (Wildman–Crippen LogP) is 2.69. The van der Waals surface area contributed by atoms with Crippen molar-refractivity contribution in [2.45, 2.75) is 39.7 Å². The Morgan fingerprint density at radius 3 is 2.09 bits per heavy atom. The number of carbonyl (C=O) groups excluding carboxylic acids is 2. The molecule has 0 radical (unpaired) electrons. The summed E-state index contributed by atoms with van der Waals surface area (Å²) >= 11 is 0. The van der Waals surface area contributed by atoms with Crippen LogP contribution >= 0.6 is 0 Å². The molecule has 2 aliphatic heterocycles. The number of hydrogen-bond acceptors (Lipinski definition) is 4. The number of para-hydroxylation sites is 1. The molecular weight excluding hydrogens is 278 g/mol. The van der Waals surface area contributed by atoms with Gasteiger partial charge >= 0.3 is 0 Å². The maximum atomic E-state index is 12.3. The molecule has 0 aliphatic carbocycles. The minimum atomic E-state index is -0.290. The summed E-state index contributed by atoms with van der Waals surface area (Å²) in [5.41, 5.74) is 1.66. The molecule has 1 aromatic rings. The summed E-state index contributed by atoms with van der Waals surface area (Å²) < 4.78 is 0. The number of amidine groups is 1. The third kappa shape index (κ3) is 2.04. The molecular formula is C17H19N3O2. The van der Waals surface area contributed by atoms with Crippen LogP contribution in [0.25, 0.3) is 0 Å². The van der Waals surface area contributed by atoms with Crippen molar-refractivity contribution in [1.82, 2.24) is 4.90 Å². The van der Waals surface area contributed by atoms with E-state index in [0.29, 0.717) is 23.4 Å². The van der Waals surface area contributed by atoms with Crippen LogP contribution in [0.5, 0.6) is 0 Å². The molecule has 0 spiro atoms. The number of rotatable bonds is 1. The van der Waals surface area contributed by atoms with E-state index in [2.05, 4.69) is 18.9 Å². The van der Waals surface area contributed by atoms with Crippen molar-refractivity contribution in [2.24, 2.45) is 5.10 Å². The van der Waals surface area contributed by atoms with Crippen molar-refractivity contribution in [2.75, 3.05) is 5.01 Å². The second-order valence-corrected chi connectivity index (χ2v) is 6.35. The number of hydrazone groups is 1. The molecule has 3 rings (SSSR count). The first-order valence-corrected chi connectivity index (χ1v) is 7.32. The Labute approximate surface area is 129 Å². The van der Waals surface area contributed by atoms with Gasteiger partial charge in [-0.05, 0) is 39.8 Å². The van der Waals surface area contributed by atoms with Gasteiger partial charge in [0.25, 0.3) is 11.8 Å². The van der Waals surface area contributed by atoms with Gasteiger partial charge in [-0.3, -0.25) is 14.6 Å². The van der Waals surface area contributed by atoms with Crippen molar-refractivity contribution in [1.29, 1.82) is 0 Å². The number of imide groups is 1. The Bertz CT molecular complexity index is 693. The lowest BCUT2D eigenvalue weighted by atomic mass is 9.99. The Hall–Kier alpha value is -2.43. The molecule has 2 heterocycles. The number of nitrogens with zero attached hydrogens (tertiary/aromatic N) is 3. The third-order valence-corrected chi connectivity index (χ3v) is 4.25. The largest absolute Gasteiger partial charge is 0.269 e. The fraction of sp³-hybridized carbons (Fsp3) is 0.353. The van der Waals surface area contributed by atoms with Gasteiger partial charge in [-0.1, -0.05) is 18.2 Å². The molecule has 5 nitrogen and oxygen atoms in total. The Morgan fingerprint density at radius 2 is 1.55 bits per heavy atom. The average molecular weight is 297 g/mol. The van der Waals surface area contributed by atoms with Gasteiger partial charge in [0.05, 0.1) is 11.2 Å². The molecule has 1 aromatic carbocycles. The number of hydrogen-bond donors (Lipinski definition) is 0. The molecule has 5 heteroatoms. The smallest absolute Gasteiger partial charge is 0.262 e. The lowest BCUT2D eigenvalue weighted by molar-refractivity contribution is -0.132. The van der Waals surface area contributed by atoms with Crippen LogP contribution < -0.4 is 5.01 Å². The molecule has 0 aromatic heterocycles. The SMILES string of the molecule is CC1=C(C)C(=O)N(C2=NN(c3ccccc3)C(C)(C)C2)C1=O. The Morgan fingerprint density at radius 1 is 1.00 bits per heavy atom. The van der Waals surface area contributed by atoms with E-state index >= 15 is 0 Å². The highest BCUT2D eigenvalue weighted by molar-refractivity contribution is 6.28. The van der Waals surface area contributed by atoms with Crippen LogP contribution in [0.1, 0.15) is 34.1 Å². The first kappa shape index (κ1) is 14.5. The molecule has 0 unspecified atom stereocenters. The van der Waals surface area contributed by atoms with E-state index in [4.69, 9.17) is 0 Å². The van der Waals surface area contributed by atoms with Gasteiger partial charge < -0.3 is 0 Å². The topological polar surface area (TPSA) is 53.0 Å². The van der Waals surface area contributed by atoms with Gasteiger partial charge in [0.15, 0.2) is 0 Å². The first-order valence-electron chi connectivity index (χ1n) is 7.32. The maximum Gasteiger partial charge on any atom is 0.262 e. The lowest BCUT2D eigenvalue weighted by Gasteiger charge is -2.30. The number of carbonyl (C=O) groups is 2. The predicted molar refractivity (Wildman–Crippen MR) is 85.3 cm³/mol. The van der Waals surface area contributed by atoms with Crippen molar-refractivity contribution in [3.05, 3.63) is 41.5 Å². The average Bonchev–Trinajstić information content (AvgIpc) is 2.90. The normalized spacial score (nSPS) is 21.0. The summed E-state index contributed by atoms with van der Waals surface area (Å²) in [5, 5.41) is 6.45. The minimum absolute atomic E-state index is 0.257. The highest BCUT2D eigenvalue weighted by Crippen LogP contribution is 2.35. The van der Waals surface area contributed by atoms with E-state index in [0.717, 1.165) is 5.69 Å². The zero-order valence-corrected chi connectivity index (χ0v) is 13.3. The van der Waals surface area contributed by atoms with Crippen LogP contribution in [0.15, 0.2) is 46.6 Å². The summed E-state index contributed by atoms with van der Waals surface area (Å²) in [6, 6.07) is 9.77. The van der Waals surface area contributed by atoms with Crippen LogP contribution in [-0.2, 0) is 9.59 Å². The fourth-order valence-corrected chi connectivity index (χ4v) is 2.83. The van der Waals surface area contributed by atoms with Gasteiger partial charge in [0, 0.05) is 17.6 Å². The van der Waals surface area contributed by atoms with Crippen molar-refractivity contribution >= 4 is 23.3 Å². The van der Waals surface area contributed by atoms with Crippen LogP contribution in [0, 0.1) is 0 Å². The molecule has 2 amide bonds. The third-order valence-electron chi connectivity index (χ3n) is 4.25. The van der Waals surface area contributed by atoms with Crippen LogP contribution in [0.3, 0.4) is 0 Å². The van der Waals surface area contributed by atoms with E-state index in [-0.39, 0.29) is 17.4 Å². The standard InChI is InChI=1S/C17H19N3O2/c1-11-12(2)16(22)19(15(11)21)14-10-17(3,4)20(18-14)13-8-6-5-7-9-13/h5-9H,10H2,1-4H3.